The van der Waals surface area contributed by atoms with Crippen LogP contribution in [0.2, 0.25) is 0 Å². The Hall–Kier alpha value is -1.73. The van der Waals surface area contributed by atoms with Crippen molar-refractivity contribution < 1.29 is 14.6 Å². The van der Waals surface area contributed by atoms with Crippen molar-refractivity contribution in [2.45, 2.75) is 39.2 Å². The molecule has 4 rings (SSSR count). The van der Waals surface area contributed by atoms with Crippen LogP contribution < -0.4 is 4.90 Å². The van der Waals surface area contributed by atoms with Gasteiger partial charge in [-0.1, -0.05) is 6.92 Å². The zero-order valence-electron chi connectivity index (χ0n) is 15.6. The molecule has 7 heteroatoms. The summed E-state index contributed by atoms with van der Waals surface area (Å²) in [6, 6.07) is 2.48. The SMILES string of the molecule is CCc1cc(N2C[C@@H]3CN(C4CCOCC4)C[C@]3(C(=O)O)C2)nc(C)n1. The van der Waals surface area contributed by atoms with E-state index in [-0.39, 0.29) is 5.92 Å². The van der Waals surface area contributed by atoms with Crippen LogP contribution in [-0.4, -0.2) is 71.4 Å². The van der Waals surface area contributed by atoms with Crippen molar-refractivity contribution in [3.63, 3.8) is 0 Å². The molecule has 2 atom stereocenters. The van der Waals surface area contributed by atoms with Crippen LogP contribution in [0, 0.1) is 18.3 Å². The first kappa shape index (κ1) is 17.7. The van der Waals surface area contributed by atoms with E-state index in [2.05, 4.69) is 26.7 Å². The number of carboxylic acids is 1. The molecule has 0 unspecified atom stereocenters. The number of rotatable bonds is 4. The number of fused-ring (bicyclic) bond motifs is 1. The van der Waals surface area contributed by atoms with Gasteiger partial charge in [-0.05, 0) is 26.2 Å². The molecule has 142 valence electrons. The minimum absolute atomic E-state index is 0.142. The van der Waals surface area contributed by atoms with Gasteiger partial charge in [-0.15, -0.1) is 0 Å². The molecule has 3 saturated heterocycles. The lowest BCUT2D eigenvalue weighted by molar-refractivity contribution is -0.148. The number of carboxylic acid groups (broad SMARTS) is 1. The molecule has 0 amide bonds. The van der Waals surface area contributed by atoms with Crippen LogP contribution in [0.5, 0.6) is 0 Å². The average Bonchev–Trinajstić information content (AvgIpc) is 3.17. The summed E-state index contributed by atoms with van der Waals surface area (Å²) in [5.41, 5.74) is 0.321. The summed E-state index contributed by atoms with van der Waals surface area (Å²) in [5.74, 6) is 1.11. The second-order valence-electron chi connectivity index (χ2n) is 7.93. The van der Waals surface area contributed by atoms with Crippen LogP contribution in [-0.2, 0) is 16.0 Å². The normalized spacial score (nSPS) is 29.9. The summed E-state index contributed by atoms with van der Waals surface area (Å²) in [4.78, 5) is 25.9. The Morgan fingerprint density at radius 3 is 2.73 bits per heavy atom. The number of aromatic nitrogens is 2. The smallest absolute Gasteiger partial charge is 0.313 e. The fraction of sp³-hybridized carbons (Fsp3) is 0.737. The fourth-order valence-electron chi connectivity index (χ4n) is 4.86. The van der Waals surface area contributed by atoms with E-state index in [0.29, 0.717) is 19.1 Å². The van der Waals surface area contributed by atoms with Crippen LogP contribution in [0.3, 0.4) is 0 Å². The predicted molar refractivity (Wildman–Crippen MR) is 97.3 cm³/mol. The van der Waals surface area contributed by atoms with Crippen LogP contribution in [0.15, 0.2) is 6.07 Å². The van der Waals surface area contributed by atoms with E-state index < -0.39 is 11.4 Å². The highest BCUT2D eigenvalue weighted by atomic mass is 16.5. The van der Waals surface area contributed by atoms with Gasteiger partial charge in [0.1, 0.15) is 17.1 Å². The zero-order valence-corrected chi connectivity index (χ0v) is 15.6. The van der Waals surface area contributed by atoms with Crippen LogP contribution in [0.25, 0.3) is 0 Å². The molecule has 0 spiro atoms. The van der Waals surface area contributed by atoms with Gasteiger partial charge >= 0.3 is 5.97 Å². The Balaban J connectivity index is 1.55. The molecular formula is C19H28N4O3. The van der Waals surface area contributed by atoms with Gasteiger partial charge in [0.2, 0.25) is 0 Å². The molecule has 0 radical (unpaired) electrons. The van der Waals surface area contributed by atoms with Gasteiger partial charge in [-0.3, -0.25) is 9.69 Å². The molecule has 4 heterocycles. The first-order valence-electron chi connectivity index (χ1n) is 9.66. The lowest BCUT2D eigenvalue weighted by atomic mass is 9.81. The Kier molecular flexibility index (Phi) is 4.61. The Labute approximate surface area is 154 Å². The molecule has 0 bridgehead atoms. The van der Waals surface area contributed by atoms with Gasteiger partial charge in [0.15, 0.2) is 0 Å². The number of aliphatic carboxylic acids is 1. The average molecular weight is 360 g/mol. The van der Waals surface area contributed by atoms with Crippen molar-refractivity contribution in [1.29, 1.82) is 0 Å². The Bertz CT molecular complexity index is 691. The highest BCUT2D eigenvalue weighted by Gasteiger charge is 2.58. The minimum atomic E-state index is -0.691. The van der Waals surface area contributed by atoms with Crippen molar-refractivity contribution in [2.75, 3.05) is 44.3 Å². The Morgan fingerprint density at radius 2 is 2.08 bits per heavy atom. The third-order valence-corrected chi connectivity index (χ3v) is 6.33. The molecule has 0 aliphatic carbocycles. The lowest BCUT2D eigenvalue weighted by Gasteiger charge is -2.33. The highest BCUT2D eigenvalue weighted by Crippen LogP contribution is 2.45. The second kappa shape index (κ2) is 6.78. The topological polar surface area (TPSA) is 78.8 Å². The van der Waals surface area contributed by atoms with Gasteiger partial charge in [0.25, 0.3) is 0 Å². The number of likely N-dealkylation sites (tertiary alicyclic amines) is 1. The van der Waals surface area contributed by atoms with Crippen molar-refractivity contribution in [2.24, 2.45) is 11.3 Å². The van der Waals surface area contributed by atoms with Gasteiger partial charge in [0.05, 0.1) is 0 Å². The third-order valence-electron chi connectivity index (χ3n) is 6.33. The van der Waals surface area contributed by atoms with E-state index in [9.17, 15) is 9.90 Å². The van der Waals surface area contributed by atoms with Gasteiger partial charge < -0.3 is 14.7 Å². The summed E-state index contributed by atoms with van der Waals surface area (Å²) < 4.78 is 5.47. The second-order valence-corrected chi connectivity index (χ2v) is 7.93. The monoisotopic (exact) mass is 360 g/mol. The number of anilines is 1. The van der Waals surface area contributed by atoms with Gasteiger partial charge in [0, 0.05) is 63.1 Å². The van der Waals surface area contributed by atoms with E-state index in [1.54, 1.807) is 0 Å². The lowest BCUT2D eigenvalue weighted by Crippen LogP contribution is -2.44. The van der Waals surface area contributed by atoms with Crippen molar-refractivity contribution >= 4 is 11.8 Å². The summed E-state index contributed by atoms with van der Waals surface area (Å²) >= 11 is 0. The number of hydrogen-bond donors (Lipinski definition) is 1. The van der Waals surface area contributed by atoms with Crippen molar-refractivity contribution in [3.05, 3.63) is 17.6 Å². The molecule has 7 nitrogen and oxygen atoms in total. The Morgan fingerprint density at radius 1 is 1.31 bits per heavy atom. The molecule has 0 saturated carbocycles. The van der Waals surface area contributed by atoms with E-state index in [0.717, 1.165) is 62.9 Å². The molecule has 1 N–H and O–H groups in total. The molecular weight excluding hydrogens is 332 g/mol. The summed E-state index contributed by atoms with van der Waals surface area (Å²) in [6.07, 6.45) is 2.88. The minimum Gasteiger partial charge on any atom is -0.481 e. The van der Waals surface area contributed by atoms with Crippen molar-refractivity contribution in [3.8, 4) is 0 Å². The summed E-state index contributed by atoms with van der Waals surface area (Å²) in [6.45, 7) is 8.35. The molecule has 1 aromatic heterocycles. The maximum absolute atomic E-state index is 12.3. The predicted octanol–water partition coefficient (Wildman–Crippen LogP) is 1.35. The standard InChI is InChI=1S/C19H28N4O3/c1-3-15-8-17(21-13(2)20-15)23-10-14-9-22(16-4-6-26-7-5-16)11-19(14,12-23)18(24)25/h8,14,16H,3-7,9-12H2,1-2H3,(H,24,25)/t14-,19-/m0/s1. The number of nitrogens with zero attached hydrogens (tertiary/aromatic N) is 4. The zero-order chi connectivity index (χ0) is 18.3. The molecule has 3 aliphatic heterocycles. The largest absolute Gasteiger partial charge is 0.481 e. The molecule has 3 fully saturated rings. The quantitative estimate of drug-likeness (QED) is 0.868. The van der Waals surface area contributed by atoms with Crippen LogP contribution >= 0.6 is 0 Å². The summed E-state index contributed by atoms with van der Waals surface area (Å²) in [5, 5.41) is 10.1. The molecule has 3 aliphatic rings. The number of carbonyl (C=O) groups is 1. The van der Waals surface area contributed by atoms with E-state index in [1.807, 2.05) is 13.0 Å². The molecule has 0 aromatic carbocycles. The number of aryl methyl sites for hydroxylation is 2. The summed E-state index contributed by atoms with van der Waals surface area (Å²) in [7, 11) is 0. The maximum Gasteiger partial charge on any atom is 0.313 e. The van der Waals surface area contributed by atoms with Gasteiger partial charge in [-0.2, -0.15) is 0 Å². The number of hydrogen-bond acceptors (Lipinski definition) is 6. The van der Waals surface area contributed by atoms with Gasteiger partial charge in [-0.25, -0.2) is 9.97 Å². The van der Waals surface area contributed by atoms with E-state index in [1.165, 1.54) is 0 Å². The van der Waals surface area contributed by atoms with Crippen LogP contribution in [0.1, 0.15) is 31.3 Å². The maximum atomic E-state index is 12.3. The van der Waals surface area contributed by atoms with E-state index >= 15 is 0 Å². The van der Waals surface area contributed by atoms with Crippen molar-refractivity contribution in [1.82, 2.24) is 14.9 Å². The first-order chi connectivity index (χ1) is 12.5. The highest BCUT2D eigenvalue weighted by molar-refractivity contribution is 5.78. The van der Waals surface area contributed by atoms with Crippen LogP contribution in [0.4, 0.5) is 5.82 Å². The third kappa shape index (κ3) is 2.97. The molecule has 1 aromatic rings. The first-order valence-corrected chi connectivity index (χ1v) is 9.66. The molecule has 26 heavy (non-hydrogen) atoms. The van der Waals surface area contributed by atoms with E-state index in [4.69, 9.17) is 4.74 Å². The number of ether oxygens (including phenoxy) is 1. The fourth-order valence-corrected chi connectivity index (χ4v) is 4.86.